The van der Waals surface area contributed by atoms with Crippen molar-refractivity contribution in [3.63, 3.8) is 0 Å². The highest BCUT2D eigenvalue weighted by molar-refractivity contribution is 5.81. The Morgan fingerprint density at radius 3 is 2.48 bits per heavy atom. The Morgan fingerprint density at radius 2 is 1.86 bits per heavy atom. The van der Waals surface area contributed by atoms with Crippen LogP contribution in [0.4, 0.5) is 0 Å². The predicted octanol–water partition coefficient (Wildman–Crippen LogP) is 1.66. The van der Waals surface area contributed by atoms with Crippen LogP contribution in [-0.2, 0) is 14.3 Å². The van der Waals surface area contributed by atoms with Crippen LogP contribution in [0.3, 0.4) is 0 Å². The average Bonchev–Trinajstić information content (AvgIpc) is 2.86. The molecule has 1 aliphatic carbocycles. The van der Waals surface area contributed by atoms with E-state index in [-0.39, 0.29) is 17.9 Å². The number of rotatable bonds is 5. The Bertz CT molecular complexity index is 382. The standard InChI is InChI=1S/C16H28N2O3/c1-4-17(5-2)15(19)11-18-13-9-7-6-8-12(13)10-14(18)16(20)21-3/h12-14H,4-11H2,1-3H3. The fraction of sp³-hybridized carbons (Fsp3) is 0.875. The molecule has 5 nitrogen and oxygen atoms in total. The second-order valence-electron chi connectivity index (χ2n) is 6.12. The number of carbonyl (C=O) groups excluding carboxylic acids is 2. The molecule has 0 N–H and O–H groups in total. The molecule has 21 heavy (non-hydrogen) atoms. The number of ether oxygens (including phenoxy) is 1. The van der Waals surface area contributed by atoms with Crippen LogP contribution in [0.1, 0.15) is 46.0 Å². The number of nitrogens with zero attached hydrogens (tertiary/aromatic N) is 2. The molecule has 5 heteroatoms. The van der Waals surface area contributed by atoms with Crippen LogP contribution in [0.5, 0.6) is 0 Å². The lowest BCUT2D eigenvalue weighted by Gasteiger charge is -2.34. The third-order valence-corrected chi connectivity index (χ3v) is 5.13. The summed E-state index contributed by atoms with van der Waals surface area (Å²) in [4.78, 5) is 28.5. The van der Waals surface area contributed by atoms with E-state index >= 15 is 0 Å². The predicted molar refractivity (Wildman–Crippen MR) is 80.8 cm³/mol. The van der Waals surface area contributed by atoms with Crippen molar-refractivity contribution in [1.82, 2.24) is 9.80 Å². The molecule has 2 aliphatic rings. The summed E-state index contributed by atoms with van der Waals surface area (Å²) in [5, 5.41) is 0. The van der Waals surface area contributed by atoms with Gasteiger partial charge in [-0.05, 0) is 39.0 Å². The van der Waals surface area contributed by atoms with Crippen molar-refractivity contribution in [3.05, 3.63) is 0 Å². The lowest BCUT2D eigenvalue weighted by Crippen LogP contribution is -2.48. The second kappa shape index (κ2) is 7.25. The Morgan fingerprint density at radius 1 is 1.19 bits per heavy atom. The van der Waals surface area contributed by atoms with Gasteiger partial charge in [-0.3, -0.25) is 14.5 Å². The smallest absolute Gasteiger partial charge is 0.323 e. The van der Waals surface area contributed by atoms with E-state index < -0.39 is 0 Å². The summed E-state index contributed by atoms with van der Waals surface area (Å²) >= 11 is 0. The molecule has 1 aliphatic heterocycles. The van der Waals surface area contributed by atoms with E-state index in [0.717, 1.165) is 25.9 Å². The van der Waals surface area contributed by atoms with Gasteiger partial charge in [0.05, 0.1) is 13.7 Å². The molecule has 1 saturated heterocycles. The summed E-state index contributed by atoms with van der Waals surface area (Å²) in [6.45, 7) is 5.78. The van der Waals surface area contributed by atoms with Crippen LogP contribution in [0.25, 0.3) is 0 Å². The number of hydrogen-bond acceptors (Lipinski definition) is 4. The number of hydrogen-bond donors (Lipinski definition) is 0. The molecule has 1 amide bonds. The van der Waals surface area contributed by atoms with E-state index in [1.807, 2.05) is 18.7 Å². The van der Waals surface area contributed by atoms with Gasteiger partial charge >= 0.3 is 5.97 Å². The molecular formula is C16H28N2O3. The molecule has 3 atom stereocenters. The normalized spacial score (nSPS) is 29.0. The van der Waals surface area contributed by atoms with E-state index in [2.05, 4.69) is 4.90 Å². The van der Waals surface area contributed by atoms with Crippen molar-refractivity contribution < 1.29 is 14.3 Å². The van der Waals surface area contributed by atoms with Gasteiger partial charge in [0.25, 0.3) is 0 Å². The lowest BCUT2D eigenvalue weighted by molar-refractivity contribution is -0.147. The summed E-state index contributed by atoms with van der Waals surface area (Å²) in [5.41, 5.74) is 0. The minimum Gasteiger partial charge on any atom is -0.468 e. The summed E-state index contributed by atoms with van der Waals surface area (Å²) in [5.74, 6) is 0.490. The van der Waals surface area contributed by atoms with Crippen molar-refractivity contribution in [2.24, 2.45) is 5.92 Å². The minimum absolute atomic E-state index is 0.125. The minimum atomic E-state index is -0.234. The van der Waals surface area contributed by atoms with Crippen LogP contribution in [0.2, 0.25) is 0 Å². The number of likely N-dealkylation sites (N-methyl/N-ethyl adjacent to an activating group) is 1. The summed E-state index contributed by atoms with van der Waals surface area (Å²) in [6, 6.07) is 0.143. The maximum Gasteiger partial charge on any atom is 0.323 e. The van der Waals surface area contributed by atoms with Gasteiger partial charge in [-0.2, -0.15) is 0 Å². The second-order valence-corrected chi connectivity index (χ2v) is 6.12. The first-order valence-electron chi connectivity index (χ1n) is 8.23. The molecule has 1 heterocycles. The van der Waals surface area contributed by atoms with Crippen molar-refractivity contribution in [3.8, 4) is 0 Å². The van der Waals surface area contributed by atoms with Gasteiger partial charge < -0.3 is 9.64 Å². The van der Waals surface area contributed by atoms with Crippen LogP contribution in [0.15, 0.2) is 0 Å². The average molecular weight is 296 g/mol. The zero-order valence-corrected chi connectivity index (χ0v) is 13.5. The van der Waals surface area contributed by atoms with E-state index in [9.17, 15) is 9.59 Å². The molecule has 0 radical (unpaired) electrons. The first kappa shape index (κ1) is 16.3. The Hall–Kier alpha value is -1.10. The van der Waals surface area contributed by atoms with Crippen molar-refractivity contribution in [1.29, 1.82) is 0 Å². The molecule has 0 aromatic rings. The van der Waals surface area contributed by atoms with E-state index in [1.54, 1.807) is 0 Å². The van der Waals surface area contributed by atoms with E-state index in [1.165, 1.54) is 26.4 Å². The Labute approximate surface area is 127 Å². The first-order valence-corrected chi connectivity index (χ1v) is 8.23. The number of methoxy groups -OCH3 is 1. The monoisotopic (exact) mass is 296 g/mol. The van der Waals surface area contributed by atoms with Crippen LogP contribution < -0.4 is 0 Å². The molecule has 2 fully saturated rings. The third-order valence-electron chi connectivity index (χ3n) is 5.13. The molecule has 0 aromatic carbocycles. The number of likely N-dealkylation sites (tertiary alicyclic amines) is 1. The van der Waals surface area contributed by atoms with Gasteiger partial charge in [0.1, 0.15) is 6.04 Å². The molecular weight excluding hydrogens is 268 g/mol. The summed E-state index contributed by atoms with van der Waals surface area (Å²) < 4.78 is 4.96. The maximum atomic E-state index is 12.4. The Balaban J connectivity index is 2.11. The fourth-order valence-corrected chi connectivity index (χ4v) is 3.98. The van der Waals surface area contributed by atoms with Crippen LogP contribution >= 0.6 is 0 Å². The van der Waals surface area contributed by atoms with Gasteiger partial charge in [-0.15, -0.1) is 0 Å². The maximum absolute atomic E-state index is 12.4. The highest BCUT2D eigenvalue weighted by Gasteiger charge is 2.46. The molecule has 0 spiro atoms. The highest BCUT2D eigenvalue weighted by atomic mass is 16.5. The largest absolute Gasteiger partial charge is 0.468 e. The SMILES string of the molecule is CCN(CC)C(=O)CN1C(C(=O)OC)CC2CCCCC21. The van der Waals surface area contributed by atoms with Crippen molar-refractivity contribution in [2.45, 2.75) is 58.0 Å². The summed E-state index contributed by atoms with van der Waals surface area (Å²) in [6.07, 6.45) is 5.57. The quantitative estimate of drug-likeness (QED) is 0.724. The topological polar surface area (TPSA) is 49.9 Å². The van der Waals surface area contributed by atoms with E-state index in [0.29, 0.717) is 18.5 Å². The molecule has 3 unspecified atom stereocenters. The lowest BCUT2D eigenvalue weighted by atomic mass is 9.85. The van der Waals surface area contributed by atoms with Gasteiger partial charge in [0, 0.05) is 19.1 Å². The van der Waals surface area contributed by atoms with Gasteiger partial charge in [-0.1, -0.05) is 12.8 Å². The number of amides is 1. The van der Waals surface area contributed by atoms with Gasteiger partial charge in [0.2, 0.25) is 5.91 Å². The van der Waals surface area contributed by atoms with Gasteiger partial charge in [-0.25, -0.2) is 0 Å². The molecule has 0 aromatic heterocycles. The number of esters is 1. The van der Waals surface area contributed by atoms with Gasteiger partial charge in [0.15, 0.2) is 0 Å². The molecule has 120 valence electrons. The highest BCUT2D eigenvalue weighted by Crippen LogP contribution is 2.39. The Kier molecular flexibility index (Phi) is 5.62. The van der Waals surface area contributed by atoms with E-state index in [4.69, 9.17) is 4.74 Å². The first-order chi connectivity index (χ1) is 10.1. The van der Waals surface area contributed by atoms with Crippen LogP contribution in [0, 0.1) is 5.92 Å². The summed E-state index contributed by atoms with van der Waals surface area (Å²) in [7, 11) is 1.44. The fourth-order valence-electron chi connectivity index (χ4n) is 3.98. The van der Waals surface area contributed by atoms with Crippen molar-refractivity contribution >= 4 is 11.9 Å². The zero-order chi connectivity index (χ0) is 15.4. The van der Waals surface area contributed by atoms with Crippen molar-refractivity contribution in [2.75, 3.05) is 26.7 Å². The zero-order valence-electron chi connectivity index (χ0n) is 13.5. The van der Waals surface area contributed by atoms with Crippen LogP contribution in [-0.4, -0.2) is 60.5 Å². The number of fused-ring (bicyclic) bond motifs is 1. The number of carbonyl (C=O) groups is 2. The molecule has 0 bridgehead atoms. The molecule has 1 saturated carbocycles. The molecule has 2 rings (SSSR count). The third kappa shape index (κ3) is 3.39.